The summed E-state index contributed by atoms with van der Waals surface area (Å²) in [5, 5.41) is 10.1. The lowest BCUT2D eigenvalue weighted by Gasteiger charge is -2.41. The molecule has 2 aliphatic rings. The normalized spacial score (nSPS) is 19.3. The van der Waals surface area contributed by atoms with Crippen LogP contribution in [0.2, 0.25) is 0 Å². The van der Waals surface area contributed by atoms with Gasteiger partial charge >= 0.3 is 6.01 Å². The van der Waals surface area contributed by atoms with Gasteiger partial charge in [-0.3, -0.25) is 9.78 Å². The van der Waals surface area contributed by atoms with Crippen molar-refractivity contribution in [3.8, 4) is 12.1 Å². The van der Waals surface area contributed by atoms with Gasteiger partial charge in [-0.1, -0.05) is 30.4 Å². The van der Waals surface area contributed by atoms with Gasteiger partial charge in [-0.15, -0.1) is 0 Å². The first-order chi connectivity index (χ1) is 22.3. The molecule has 10 nitrogen and oxygen atoms in total. The molecule has 46 heavy (non-hydrogen) atoms. The van der Waals surface area contributed by atoms with Crippen LogP contribution in [0.25, 0.3) is 16.5 Å². The van der Waals surface area contributed by atoms with Crippen LogP contribution in [-0.4, -0.2) is 96.3 Å². The fourth-order valence-electron chi connectivity index (χ4n) is 6.47. The Hall–Kier alpha value is -4.40. The number of aryl methyl sites for hydroxylation is 2. The number of fused-ring (bicyclic) bond motifs is 1. The molecule has 2 atom stereocenters. The third kappa shape index (κ3) is 6.88. The third-order valence-electron chi connectivity index (χ3n) is 8.93. The van der Waals surface area contributed by atoms with Crippen molar-refractivity contribution in [2.24, 2.45) is 0 Å². The van der Waals surface area contributed by atoms with E-state index >= 15 is 4.39 Å². The topological polar surface area (TPSA) is 108 Å². The molecule has 0 radical (unpaired) electrons. The van der Waals surface area contributed by atoms with Crippen molar-refractivity contribution in [2.45, 2.75) is 52.1 Å². The lowest BCUT2D eigenvalue weighted by Crippen LogP contribution is -2.55. The Labute approximate surface area is 270 Å². The maximum absolute atomic E-state index is 16.7. The van der Waals surface area contributed by atoms with Crippen LogP contribution in [0.15, 0.2) is 42.6 Å². The van der Waals surface area contributed by atoms with E-state index in [2.05, 4.69) is 28.0 Å². The number of nitrogens with zero attached hydrogens (tertiary/aromatic N) is 7. The predicted molar refractivity (Wildman–Crippen MR) is 176 cm³/mol. The molecule has 2 aromatic heterocycles. The number of likely N-dealkylation sites (tertiary alicyclic amines) is 1. The first kappa shape index (κ1) is 33.0. The molecule has 2 aliphatic heterocycles. The molecule has 2 fully saturated rings. The standard InChI is InChI=1S/C35H42FN7O3/c1-6-27(30-23(2)10-7-11-24(30)3)32-31(36)33-28(20-38-32)34(40-35(39-33)46-22-26-12-8-16-41(26)4)42-17-18-43(25(21-42)14-15-37)29(44)13-9-19-45-5/h6-7,9-11,13,20,25-26H,8,12,14,16-19,21-22H2,1-5H3/b13-9+,27-6+/t25-,26-/m0/s1. The Balaban J connectivity index is 1.56. The van der Waals surface area contributed by atoms with E-state index in [0.717, 1.165) is 36.1 Å². The van der Waals surface area contributed by atoms with Crippen LogP contribution < -0.4 is 9.64 Å². The van der Waals surface area contributed by atoms with E-state index in [9.17, 15) is 10.1 Å². The number of likely N-dealkylation sites (N-methyl/N-ethyl adjacent to an activating group) is 1. The molecule has 0 unspecified atom stereocenters. The number of piperazine rings is 1. The molecule has 4 heterocycles. The van der Waals surface area contributed by atoms with Crippen LogP contribution in [0, 0.1) is 31.0 Å². The van der Waals surface area contributed by atoms with Gasteiger partial charge < -0.3 is 24.2 Å². The number of nitriles is 1. The highest BCUT2D eigenvalue weighted by Gasteiger charge is 2.32. The van der Waals surface area contributed by atoms with Gasteiger partial charge in [-0.25, -0.2) is 4.39 Å². The maximum Gasteiger partial charge on any atom is 0.319 e. The van der Waals surface area contributed by atoms with Gasteiger partial charge in [0, 0.05) is 50.6 Å². The summed E-state index contributed by atoms with van der Waals surface area (Å²) in [6.07, 6.45) is 8.87. The minimum absolute atomic E-state index is 0.0887. The fraction of sp³-hybridized carbons (Fsp3) is 0.457. The van der Waals surface area contributed by atoms with Crippen LogP contribution >= 0.6 is 0 Å². The highest BCUT2D eigenvalue weighted by molar-refractivity contribution is 5.93. The smallest absolute Gasteiger partial charge is 0.319 e. The van der Waals surface area contributed by atoms with E-state index in [0.29, 0.717) is 49.6 Å². The van der Waals surface area contributed by atoms with Gasteiger partial charge in [0.15, 0.2) is 5.82 Å². The molecule has 3 aromatic rings. The van der Waals surface area contributed by atoms with E-state index in [1.165, 1.54) is 6.08 Å². The zero-order valence-electron chi connectivity index (χ0n) is 27.3. The van der Waals surface area contributed by atoms with E-state index in [1.54, 1.807) is 24.3 Å². The summed E-state index contributed by atoms with van der Waals surface area (Å²) in [5.41, 5.74) is 4.00. The molecule has 0 spiro atoms. The number of allylic oxidation sites excluding steroid dienone is 1. The van der Waals surface area contributed by atoms with Crippen molar-refractivity contribution < 1.29 is 18.7 Å². The zero-order chi connectivity index (χ0) is 32.8. The van der Waals surface area contributed by atoms with Crippen LogP contribution in [0.4, 0.5) is 10.2 Å². The van der Waals surface area contributed by atoms with E-state index < -0.39 is 11.9 Å². The van der Waals surface area contributed by atoms with Crippen molar-refractivity contribution in [2.75, 3.05) is 58.5 Å². The number of pyridine rings is 1. The summed E-state index contributed by atoms with van der Waals surface area (Å²) in [6.45, 7) is 8.71. The lowest BCUT2D eigenvalue weighted by atomic mass is 9.92. The van der Waals surface area contributed by atoms with Crippen LogP contribution in [0.5, 0.6) is 6.01 Å². The molecule has 0 aliphatic carbocycles. The maximum atomic E-state index is 16.7. The molecule has 0 saturated carbocycles. The van der Waals surface area contributed by atoms with Gasteiger partial charge in [0.2, 0.25) is 5.91 Å². The summed E-state index contributed by atoms with van der Waals surface area (Å²) >= 11 is 0. The number of rotatable bonds is 10. The number of methoxy groups -OCH3 is 1. The van der Waals surface area contributed by atoms with Gasteiger partial charge in [0.1, 0.15) is 23.6 Å². The number of anilines is 1. The Morgan fingerprint density at radius 1 is 1.17 bits per heavy atom. The van der Waals surface area contributed by atoms with Crippen molar-refractivity contribution in [1.82, 2.24) is 24.8 Å². The molecule has 2 saturated heterocycles. The number of aromatic nitrogens is 3. The van der Waals surface area contributed by atoms with E-state index in [1.807, 2.05) is 49.9 Å². The van der Waals surface area contributed by atoms with Crippen LogP contribution in [0.3, 0.4) is 0 Å². The van der Waals surface area contributed by atoms with E-state index in [4.69, 9.17) is 14.5 Å². The summed E-state index contributed by atoms with van der Waals surface area (Å²) < 4.78 is 27.9. The number of carbonyl (C=O) groups excluding carboxylic acids is 1. The summed E-state index contributed by atoms with van der Waals surface area (Å²) in [6, 6.07) is 8.13. The average molecular weight is 628 g/mol. The summed E-state index contributed by atoms with van der Waals surface area (Å²) in [7, 11) is 3.63. The monoisotopic (exact) mass is 627 g/mol. The Morgan fingerprint density at radius 3 is 2.63 bits per heavy atom. The summed E-state index contributed by atoms with van der Waals surface area (Å²) in [5.74, 6) is -0.265. The number of ether oxygens (including phenoxy) is 2. The van der Waals surface area contributed by atoms with Crippen molar-refractivity contribution >= 4 is 28.2 Å². The number of hydrogen-bond acceptors (Lipinski definition) is 9. The molecule has 11 heteroatoms. The van der Waals surface area contributed by atoms with Gasteiger partial charge in [0.25, 0.3) is 0 Å². The number of benzene rings is 1. The van der Waals surface area contributed by atoms with Crippen LogP contribution in [0.1, 0.15) is 48.6 Å². The van der Waals surface area contributed by atoms with E-state index in [-0.39, 0.29) is 35.6 Å². The third-order valence-corrected chi connectivity index (χ3v) is 8.93. The fourth-order valence-corrected chi connectivity index (χ4v) is 6.47. The SMILES string of the molecule is C/C=C(/c1ncc2c(N3CCN(C(=O)/C=C/COC)[C@@H](CC#N)C3)nc(OC[C@@H]3CCCN3C)nc2c1F)c1c(C)cccc1C. The zero-order valence-corrected chi connectivity index (χ0v) is 27.3. The number of amides is 1. The number of carbonyl (C=O) groups is 1. The second-order valence-corrected chi connectivity index (χ2v) is 11.9. The highest BCUT2D eigenvalue weighted by atomic mass is 19.1. The van der Waals surface area contributed by atoms with Crippen molar-refractivity contribution in [3.63, 3.8) is 0 Å². The predicted octanol–water partition coefficient (Wildman–Crippen LogP) is 4.84. The molecule has 242 valence electrons. The first-order valence-electron chi connectivity index (χ1n) is 15.8. The second-order valence-electron chi connectivity index (χ2n) is 11.9. The molecular formula is C35H42FN7O3. The first-order valence-corrected chi connectivity index (χ1v) is 15.8. The average Bonchev–Trinajstić information content (AvgIpc) is 3.46. The number of halogens is 1. The molecule has 1 aromatic carbocycles. The Bertz CT molecular complexity index is 1660. The van der Waals surface area contributed by atoms with Gasteiger partial charge in [-0.2, -0.15) is 15.2 Å². The molecule has 5 rings (SSSR count). The molecule has 0 N–H and O–H groups in total. The molecule has 1 amide bonds. The largest absolute Gasteiger partial charge is 0.462 e. The Kier molecular flexibility index (Phi) is 10.6. The minimum Gasteiger partial charge on any atom is -0.462 e. The van der Waals surface area contributed by atoms with Gasteiger partial charge in [0.05, 0.1) is 30.5 Å². The minimum atomic E-state index is -0.551. The Morgan fingerprint density at radius 2 is 1.96 bits per heavy atom. The molecular weight excluding hydrogens is 585 g/mol. The highest BCUT2D eigenvalue weighted by Crippen LogP contribution is 2.35. The van der Waals surface area contributed by atoms with Crippen molar-refractivity contribution in [3.05, 3.63) is 70.8 Å². The molecule has 0 bridgehead atoms. The van der Waals surface area contributed by atoms with Crippen molar-refractivity contribution in [1.29, 1.82) is 5.26 Å². The number of hydrogen-bond donors (Lipinski definition) is 0. The quantitative estimate of drug-likeness (QED) is 0.292. The lowest BCUT2D eigenvalue weighted by molar-refractivity contribution is -0.128. The van der Waals surface area contributed by atoms with Gasteiger partial charge in [-0.05, 0) is 63.9 Å². The summed E-state index contributed by atoms with van der Waals surface area (Å²) in [4.78, 5) is 33.0. The second kappa shape index (κ2) is 14.8. The van der Waals surface area contributed by atoms with Crippen LogP contribution in [-0.2, 0) is 9.53 Å².